The molecule has 3 rings (SSSR count). The average Bonchev–Trinajstić information content (AvgIpc) is 2.85. The highest BCUT2D eigenvalue weighted by molar-refractivity contribution is 6.31. The molecule has 0 saturated carbocycles. The molecule has 3 aromatic rings. The van der Waals surface area contributed by atoms with Crippen LogP contribution in [0.4, 0.5) is 16.2 Å². The number of aromatic hydroxyl groups is 1. The summed E-state index contributed by atoms with van der Waals surface area (Å²) in [4.78, 5) is 14.7. The van der Waals surface area contributed by atoms with Gasteiger partial charge in [-0.25, -0.2) is 4.79 Å². The Labute approximate surface area is 136 Å². The molecule has 0 atom stereocenters. The molecule has 0 aliphatic heterocycles. The van der Waals surface area contributed by atoms with Crippen molar-refractivity contribution in [3.63, 3.8) is 0 Å². The van der Waals surface area contributed by atoms with Gasteiger partial charge in [-0.05, 0) is 30.7 Å². The molecule has 0 aliphatic rings. The first-order valence-electron chi connectivity index (χ1n) is 6.84. The predicted molar refractivity (Wildman–Crippen MR) is 89.7 cm³/mol. The van der Waals surface area contributed by atoms with Crippen molar-refractivity contribution >= 4 is 39.9 Å². The van der Waals surface area contributed by atoms with Crippen LogP contribution in [0, 0.1) is 6.92 Å². The Morgan fingerprint density at radius 2 is 2.00 bits per heavy atom. The van der Waals surface area contributed by atoms with Gasteiger partial charge in [0.1, 0.15) is 0 Å². The van der Waals surface area contributed by atoms with Gasteiger partial charge in [0.15, 0.2) is 5.69 Å². The average molecular weight is 329 g/mol. The minimum atomic E-state index is -0.653. The molecule has 7 heteroatoms. The van der Waals surface area contributed by atoms with E-state index in [4.69, 9.17) is 11.6 Å². The first-order chi connectivity index (χ1) is 11.1. The van der Waals surface area contributed by atoms with Crippen LogP contribution in [0.5, 0.6) is 5.88 Å². The molecule has 0 unspecified atom stereocenters. The van der Waals surface area contributed by atoms with Crippen LogP contribution in [0.3, 0.4) is 0 Å². The number of para-hydroxylation sites is 1. The number of carbonyl (C=O) groups excluding carboxylic acids is 1. The Morgan fingerprint density at radius 3 is 2.83 bits per heavy atom. The largest absolute Gasteiger partial charge is 0.493 e. The number of anilines is 1. The van der Waals surface area contributed by atoms with Crippen molar-refractivity contribution in [3.05, 3.63) is 53.1 Å². The molecule has 0 fully saturated rings. The van der Waals surface area contributed by atoms with Gasteiger partial charge < -0.3 is 15.4 Å². The molecule has 116 valence electrons. The summed E-state index contributed by atoms with van der Waals surface area (Å²) in [5.41, 5.74) is 2.24. The molecule has 1 heterocycles. The first kappa shape index (κ1) is 15.1. The molecule has 0 radical (unpaired) electrons. The fourth-order valence-electron chi connectivity index (χ4n) is 2.19. The summed E-state index contributed by atoms with van der Waals surface area (Å²) in [6.07, 6.45) is 0. The normalized spacial score (nSPS) is 11.2. The summed E-state index contributed by atoms with van der Waals surface area (Å²) in [6, 6.07) is 11.7. The number of azo groups is 1. The summed E-state index contributed by atoms with van der Waals surface area (Å²) >= 11 is 6.00. The van der Waals surface area contributed by atoms with E-state index in [1.807, 2.05) is 12.1 Å². The number of fused-ring (bicyclic) bond motifs is 1. The molecule has 2 amide bonds. The lowest BCUT2D eigenvalue weighted by Crippen LogP contribution is -2.06. The van der Waals surface area contributed by atoms with E-state index in [0.29, 0.717) is 21.6 Å². The molecular weight excluding hydrogens is 316 g/mol. The summed E-state index contributed by atoms with van der Waals surface area (Å²) in [6.45, 7) is 1.79. The van der Waals surface area contributed by atoms with Crippen molar-refractivity contribution in [1.82, 2.24) is 4.98 Å². The molecule has 0 bridgehead atoms. The first-order valence-corrected chi connectivity index (χ1v) is 7.21. The smallest absolute Gasteiger partial charge is 0.364 e. The lowest BCUT2D eigenvalue weighted by atomic mass is 10.2. The molecule has 2 aromatic carbocycles. The van der Waals surface area contributed by atoms with Gasteiger partial charge in [0, 0.05) is 16.1 Å². The summed E-state index contributed by atoms with van der Waals surface area (Å²) in [5, 5.41) is 21.1. The van der Waals surface area contributed by atoms with Crippen molar-refractivity contribution in [3.8, 4) is 5.88 Å². The summed E-state index contributed by atoms with van der Waals surface area (Å²) in [5.74, 6) is -0.137. The third-order valence-corrected chi connectivity index (χ3v) is 3.82. The third-order valence-electron chi connectivity index (χ3n) is 3.41. The lowest BCUT2D eigenvalue weighted by molar-refractivity contribution is 0.258. The Balaban J connectivity index is 1.83. The maximum Gasteiger partial charge on any atom is 0.364 e. The standard InChI is InChI=1S/C16H13ClN4O2/c1-9-11(17)6-4-8-12(9)19-16(23)21-20-14-10-5-2-3-7-13(10)18-15(14)22/h2-8,18,22H,1H3,(H,19,23). The number of nitrogens with zero attached hydrogens (tertiary/aromatic N) is 2. The van der Waals surface area contributed by atoms with Gasteiger partial charge in [-0.3, -0.25) is 0 Å². The zero-order valence-electron chi connectivity index (χ0n) is 12.2. The number of H-pyrrole nitrogens is 1. The van der Waals surface area contributed by atoms with Gasteiger partial charge in [-0.15, -0.1) is 5.11 Å². The van der Waals surface area contributed by atoms with E-state index in [0.717, 1.165) is 5.56 Å². The monoisotopic (exact) mass is 328 g/mol. The van der Waals surface area contributed by atoms with Crippen LogP contribution in [-0.2, 0) is 0 Å². The van der Waals surface area contributed by atoms with E-state index >= 15 is 0 Å². The molecule has 0 spiro atoms. The summed E-state index contributed by atoms with van der Waals surface area (Å²) in [7, 11) is 0. The van der Waals surface area contributed by atoms with Crippen LogP contribution in [0.2, 0.25) is 5.02 Å². The van der Waals surface area contributed by atoms with Gasteiger partial charge >= 0.3 is 6.03 Å². The molecule has 0 aliphatic carbocycles. The van der Waals surface area contributed by atoms with Crippen molar-refractivity contribution in [2.75, 3.05) is 5.32 Å². The van der Waals surface area contributed by atoms with Crippen LogP contribution < -0.4 is 5.32 Å². The van der Waals surface area contributed by atoms with Gasteiger partial charge in [0.25, 0.3) is 0 Å². The van der Waals surface area contributed by atoms with Crippen LogP contribution in [-0.4, -0.2) is 16.1 Å². The molecule has 23 heavy (non-hydrogen) atoms. The van der Waals surface area contributed by atoms with Gasteiger partial charge in [0.05, 0.1) is 5.52 Å². The fourth-order valence-corrected chi connectivity index (χ4v) is 2.37. The zero-order valence-corrected chi connectivity index (χ0v) is 12.9. The minimum absolute atomic E-state index is 0.137. The molecular formula is C16H13ClN4O2. The second-order valence-electron chi connectivity index (χ2n) is 4.91. The summed E-state index contributed by atoms with van der Waals surface area (Å²) < 4.78 is 0. The highest BCUT2D eigenvalue weighted by Crippen LogP contribution is 2.35. The van der Waals surface area contributed by atoms with Crippen molar-refractivity contribution in [2.45, 2.75) is 6.92 Å². The van der Waals surface area contributed by atoms with Gasteiger partial charge in [0.2, 0.25) is 5.88 Å². The van der Waals surface area contributed by atoms with Gasteiger partial charge in [-0.2, -0.15) is 0 Å². The van der Waals surface area contributed by atoms with E-state index in [1.54, 1.807) is 37.3 Å². The maximum absolute atomic E-state index is 11.9. The Morgan fingerprint density at radius 1 is 1.22 bits per heavy atom. The Bertz CT molecular complexity index is 918. The molecule has 6 nitrogen and oxygen atoms in total. The zero-order chi connectivity index (χ0) is 16.4. The number of hydrogen-bond acceptors (Lipinski definition) is 3. The van der Waals surface area contributed by atoms with Crippen molar-refractivity contribution in [2.24, 2.45) is 10.2 Å². The van der Waals surface area contributed by atoms with Crippen LogP contribution in [0.15, 0.2) is 52.7 Å². The minimum Gasteiger partial charge on any atom is -0.493 e. The maximum atomic E-state index is 11.9. The number of aromatic nitrogens is 1. The predicted octanol–water partition coefficient (Wildman–Crippen LogP) is 5.15. The number of benzene rings is 2. The Hall–Kier alpha value is -2.86. The van der Waals surface area contributed by atoms with E-state index < -0.39 is 6.03 Å². The second-order valence-corrected chi connectivity index (χ2v) is 5.32. The lowest BCUT2D eigenvalue weighted by Gasteiger charge is -2.06. The van der Waals surface area contributed by atoms with Crippen LogP contribution >= 0.6 is 11.6 Å². The SMILES string of the molecule is Cc1c(Cl)cccc1NC(=O)N=Nc1c(O)[nH]c2ccccc12. The molecule has 1 aromatic heterocycles. The molecule has 3 N–H and O–H groups in total. The van der Waals surface area contributed by atoms with Crippen molar-refractivity contribution < 1.29 is 9.90 Å². The number of aromatic amines is 1. The number of carbonyl (C=O) groups is 1. The van der Waals surface area contributed by atoms with Crippen LogP contribution in [0.25, 0.3) is 10.9 Å². The van der Waals surface area contributed by atoms with E-state index in [-0.39, 0.29) is 11.6 Å². The number of nitrogens with one attached hydrogen (secondary N) is 2. The highest BCUT2D eigenvalue weighted by Gasteiger charge is 2.11. The number of hydrogen-bond donors (Lipinski definition) is 3. The number of urea groups is 1. The van der Waals surface area contributed by atoms with Gasteiger partial charge in [-0.1, -0.05) is 41.0 Å². The number of amides is 2. The highest BCUT2D eigenvalue weighted by atomic mass is 35.5. The fraction of sp³-hybridized carbons (Fsp3) is 0.0625. The van der Waals surface area contributed by atoms with Crippen LogP contribution in [0.1, 0.15) is 5.56 Å². The van der Waals surface area contributed by atoms with Crippen molar-refractivity contribution in [1.29, 1.82) is 0 Å². The molecule has 0 saturated heterocycles. The third kappa shape index (κ3) is 3.02. The van der Waals surface area contributed by atoms with E-state index in [1.165, 1.54) is 0 Å². The quantitative estimate of drug-likeness (QED) is 0.568. The van der Waals surface area contributed by atoms with E-state index in [2.05, 4.69) is 20.5 Å². The van der Waals surface area contributed by atoms with E-state index in [9.17, 15) is 9.90 Å². The Kier molecular flexibility index (Phi) is 3.99. The number of halogens is 1. The topological polar surface area (TPSA) is 89.8 Å². The number of rotatable bonds is 2. The second kappa shape index (κ2) is 6.10.